The topological polar surface area (TPSA) is 6.48 Å². The van der Waals surface area contributed by atoms with Crippen LogP contribution in [0.5, 0.6) is 0 Å². The molecular formula is C34H62N2. The quantitative estimate of drug-likeness (QED) is 0.131. The molecule has 2 heteroatoms. The number of hydrogen-bond acceptors (Lipinski definition) is 2. The predicted molar refractivity (Wildman–Crippen MR) is 162 cm³/mol. The van der Waals surface area contributed by atoms with Crippen LogP contribution in [0.1, 0.15) is 148 Å². The molecule has 0 aliphatic carbocycles. The summed E-state index contributed by atoms with van der Waals surface area (Å²) in [6.45, 7) is 11.2. The molecule has 0 N–H and O–H groups in total. The normalized spacial score (nSPS) is 13.5. The predicted octanol–water partition coefficient (Wildman–Crippen LogP) is 10.2. The number of aryl methyl sites for hydroxylation is 1. The van der Waals surface area contributed by atoms with Crippen molar-refractivity contribution in [3.05, 3.63) is 29.8 Å². The maximum absolute atomic E-state index is 2.82. The highest BCUT2D eigenvalue weighted by Gasteiger charge is 2.15. The highest BCUT2D eigenvalue weighted by molar-refractivity contribution is 5.55. The second-order valence-electron chi connectivity index (χ2n) is 11.6. The summed E-state index contributed by atoms with van der Waals surface area (Å²) in [5.41, 5.74) is 3.07. The summed E-state index contributed by atoms with van der Waals surface area (Å²) in [5.74, 6) is 0. The summed E-state index contributed by atoms with van der Waals surface area (Å²) in [6.07, 6.45) is 29.6. The number of unbranched alkanes of at least 4 members (excludes halogenated alkanes) is 16. The van der Waals surface area contributed by atoms with Crippen LogP contribution in [0.15, 0.2) is 24.3 Å². The summed E-state index contributed by atoms with van der Waals surface area (Å²) >= 11 is 0. The summed E-state index contributed by atoms with van der Waals surface area (Å²) in [5, 5.41) is 0. The molecule has 2 rings (SSSR count). The summed E-state index contributed by atoms with van der Waals surface area (Å²) < 4.78 is 0. The number of para-hydroxylation sites is 1. The summed E-state index contributed by atoms with van der Waals surface area (Å²) in [7, 11) is 0. The molecule has 0 saturated heterocycles. The average molecular weight is 499 g/mol. The molecule has 1 aliphatic rings. The number of nitrogens with zero attached hydrogens (tertiary/aromatic N) is 2. The molecule has 36 heavy (non-hydrogen) atoms. The Morgan fingerprint density at radius 3 is 1.61 bits per heavy atom. The van der Waals surface area contributed by atoms with Gasteiger partial charge in [-0.05, 0) is 69.8 Å². The first-order valence-electron chi connectivity index (χ1n) is 16.4. The Balaban J connectivity index is 1.50. The number of hydrogen-bond donors (Lipinski definition) is 0. The fraction of sp³-hybridized carbons (Fsp3) is 0.824. The van der Waals surface area contributed by atoms with Gasteiger partial charge in [-0.25, -0.2) is 0 Å². The molecule has 0 aromatic heterocycles. The van der Waals surface area contributed by atoms with Crippen LogP contribution >= 0.6 is 0 Å². The molecule has 208 valence electrons. The van der Waals surface area contributed by atoms with Crippen molar-refractivity contribution in [1.82, 2.24) is 4.90 Å². The van der Waals surface area contributed by atoms with Crippen molar-refractivity contribution < 1.29 is 0 Å². The van der Waals surface area contributed by atoms with Crippen molar-refractivity contribution in [2.75, 3.05) is 37.6 Å². The van der Waals surface area contributed by atoms with Crippen molar-refractivity contribution in [2.24, 2.45) is 0 Å². The molecular weight excluding hydrogens is 436 g/mol. The second-order valence-corrected chi connectivity index (χ2v) is 11.6. The van der Waals surface area contributed by atoms with Crippen LogP contribution < -0.4 is 4.90 Å². The Hall–Kier alpha value is -1.02. The van der Waals surface area contributed by atoms with E-state index >= 15 is 0 Å². The Morgan fingerprint density at radius 1 is 0.583 bits per heavy atom. The van der Waals surface area contributed by atoms with E-state index in [1.165, 1.54) is 173 Å². The van der Waals surface area contributed by atoms with E-state index in [1.807, 2.05) is 0 Å². The Bertz CT molecular complexity index is 597. The zero-order chi connectivity index (χ0) is 25.5. The van der Waals surface area contributed by atoms with E-state index in [0.29, 0.717) is 0 Å². The van der Waals surface area contributed by atoms with E-state index in [2.05, 4.69) is 47.9 Å². The van der Waals surface area contributed by atoms with E-state index in [0.717, 1.165) is 0 Å². The lowest BCUT2D eigenvalue weighted by atomic mass is 10.0. The van der Waals surface area contributed by atoms with Crippen molar-refractivity contribution in [2.45, 2.75) is 149 Å². The van der Waals surface area contributed by atoms with E-state index in [4.69, 9.17) is 0 Å². The third kappa shape index (κ3) is 14.7. The minimum Gasteiger partial charge on any atom is -0.371 e. The first-order chi connectivity index (χ1) is 17.8. The number of benzene rings is 1. The highest BCUT2D eigenvalue weighted by atomic mass is 15.1. The largest absolute Gasteiger partial charge is 0.371 e. The molecule has 0 unspecified atom stereocenters. The van der Waals surface area contributed by atoms with Crippen LogP contribution in [0.25, 0.3) is 0 Å². The zero-order valence-corrected chi connectivity index (χ0v) is 24.6. The molecule has 0 spiro atoms. The first kappa shape index (κ1) is 31.2. The molecule has 1 aliphatic heterocycles. The second kappa shape index (κ2) is 22.0. The number of rotatable bonds is 24. The molecule has 1 aromatic rings. The van der Waals surface area contributed by atoms with Crippen LogP contribution in [0.4, 0.5) is 5.69 Å². The molecule has 0 atom stereocenters. The van der Waals surface area contributed by atoms with Crippen molar-refractivity contribution in [3.63, 3.8) is 0 Å². The fourth-order valence-electron chi connectivity index (χ4n) is 5.93. The summed E-state index contributed by atoms with van der Waals surface area (Å²) in [6, 6.07) is 9.06. The fourth-order valence-corrected chi connectivity index (χ4v) is 5.93. The maximum atomic E-state index is 2.82. The lowest BCUT2D eigenvalue weighted by molar-refractivity contribution is 0.254. The van der Waals surface area contributed by atoms with E-state index in [1.54, 1.807) is 5.56 Å². The van der Waals surface area contributed by atoms with Gasteiger partial charge in [0.1, 0.15) is 0 Å². The average Bonchev–Trinajstić information content (AvgIpc) is 2.91. The van der Waals surface area contributed by atoms with Crippen LogP contribution in [0, 0.1) is 0 Å². The minimum absolute atomic E-state index is 1.25. The van der Waals surface area contributed by atoms with Crippen LogP contribution in [-0.2, 0) is 6.42 Å². The van der Waals surface area contributed by atoms with E-state index in [9.17, 15) is 0 Å². The Labute approximate surface area is 226 Å². The van der Waals surface area contributed by atoms with Gasteiger partial charge >= 0.3 is 0 Å². The Kier molecular flexibility index (Phi) is 19.1. The highest BCUT2D eigenvalue weighted by Crippen LogP contribution is 2.27. The molecule has 2 nitrogen and oxygen atoms in total. The third-order valence-corrected chi connectivity index (χ3v) is 8.26. The Morgan fingerprint density at radius 2 is 1.06 bits per heavy atom. The van der Waals surface area contributed by atoms with E-state index in [-0.39, 0.29) is 0 Å². The minimum atomic E-state index is 1.25. The molecule has 1 heterocycles. The van der Waals surface area contributed by atoms with Crippen LogP contribution in [0.3, 0.4) is 0 Å². The van der Waals surface area contributed by atoms with E-state index < -0.39 is 0 Å². The third-order valence-electron chi connectivity index (χ3n) is 8.26. The van der Waals surface area contributed by atoms with Gasteiger partial charge in [0.05, 0.1) is 0 Å². The smallest absolute Gasteiger partial charge is 0.0398 e. The van der Waals surface area contributed by atoms with Crippen LogP contribution in [-0.4, -0.2) is 37.6 Å². The zero-order valence-electron chi connectivity index (χ0n) is 24.6. The summed E-state index contributed by atoms with van der Waals surface area (Å²) in [4.78, 5) is 5.46. The van der Waals surface area contributed by atoms with Gasteiger partial charge in [-0.2, -0.15) is 0 Å². The van der Waals surface area contributed by atoms with Crippen LogP contribution in [0.2, 0.25) is 0 Å². The van der Waals surface area contributed by atoms with Gasteiger partial charge in [0.2, 0.25) is 0 Å². The van der Waals surface area contributed by atoms with Gasteiger partial charge in [-0.3, -0.25) is 0 Å². The van der Waals surface area contributed by atoms with Crippen molar-refractivity contribution in [3.8, 4) is 0 Å². The first-order valence-corrected chi connectivity index (χ1v) is 16.4. The molecule has 0 amide bonds. The van der Waals surface area contributed by atoms with Crippen molar-refractivity contribution in [1.29, 1.82) is 0 Å². The van der Waals surface area contributed by atoms with Gasteiger partial charge < -0.3 is 9.80 Å². The van der Waals surface area contributed by atoms with Gasteiger partial charge in [0, 0.05) is 18.8 Å². The molecule has 0 saturated carbocycles. The molecule has 0 radical (unpaired) electrons. The van der Waals surface area contributed by atoms with Gasteiger partial charge in [-0.15, -0.1) is 0 Å². The number of anilines is 1. The van der Waals surface area contributed by atoms with Crippen molar-refractivity contribution >= 4 is 5.69 Å². The molecule has 1 aromatic carbocycles. The molecule has 0 fully saturated rings. The van der Waals surface area contributed by atoms with Gasteiger partial charge in [0.15, 0.2) is 0 Å². The van der Waals surface area contributed by atoms with Gasteiger partial charge in [-0.1, -0.05) is 128 Å². The van der Waals surface area contributed by atoms with Gasteiger partial charge in [0.25, 0.3) is 0 Å². The lowest BCUT2D eigenvalue weighted by Crippen LogP contribution is -2.30. The SMILES string of the molecule is CCCCCCCCN(CCCCCCCC)CCCCCCCCCN1CCCc2ccccc21. The number of fused-ring (bicyclic) bond motifs is 1. The lowest BCUT2D eigenvalue weighted by Gasteiger charge is -2.31. The maximum Gasteiger partial charge on any atom is 0.0398 e. The monoisotopic (exact) mass is 498 g/mol. The standard InChI is InChI=1S/C34H62N2/c1-3-5-7-9-14-20-28-35(29-21-15-10-8-6-4-2)30-22-16-12-11-13-17-23-31-36-32-24-26-33-25-18-19-27-34(33)36/h18-19,25,27H,3-17,20-24,26,28-32H2,1-2H3. The molecule has 0 bridgehead atoms.